The average Bonchev–Trinajstić information content (AvgIpc) is 2.74. The van der Waals surface area contributed by atoms with E-state index in [9.17, 15) is 4.79 Å². The first-order valence-corrected chi connectivity index (χ1v) is 5.94. The molecular weight excluding hydrogens is 218 g/mol. The van der Waals surface area contributed by atoms with Gasteiger partial charge in [0.15, 0.2) is 0 Å². The molecule has 5 nitrogen and oxygen atoms in total. The molecule has 0 aromatic carbocycles. The normalized spacial score (nSPS) is 20.9. The van der Waals surface area contributed by atoms with Gasteiger partial charge in [-0.25, -0.2) is 4.98 Å². The largest absolute Gasteiger partial charge is 0.370 e. The lowest BCUT2D eigenvalue weighted by molar-refractivity contribution is 0.00914. The molecule has 1 unspecified atom stereocenters. The topological polar surface area (TPSA) is 59.4 Å². The molecule has 1 aliphatic heterocycles. The summed E-state index contributed by atoms with van der Waals surface area (Å²) < 4.78 is 7.57. The Bertz CT molecular complexity index is 593. The minimum atomic E-state index is -0.0976. The van der Waals surface area contributed by atoms with Gasteiger partial charge in [-0.05, 0) is 26.2 Å². The van der Waals surface area contributed by atoms with E-state index in [-0.39, 0.29) is 11.7 Å². The van der Waals surface area contributed by atoms with E-state index < -0.39 is 0 Å². The third-order valence-electron chi connectivity index (χ3n) is 3.16. The number of hydrogen-bond donors (Lipinski definition) is 1. The van der Waals surface area contributed by atoms with Crippen molar-refractivity contribution in [2.45, 2.75) is 32.3 Å². The summed E-state index contributed by atoms with van der Waals surface area (Å²) >= 11 is 0. The van der Waals surface area contributed by atoms with E-state index in [1.54, 1.807) is 6.20 Å². The van der Waals surface area contributed by atoms with Gasteiger partial charge in [0.1, 0.15) is 17.4 Å². The molecule has 90 valence electrons. The van der Waals surface area contributed by atoms with Gasteiger partial charge in [0, 0.05) is 18.5 Å². The predicted octanol–water partition coefficient (Wildman–Crippen LogP) is 1.57. The van der Waals surface area contributed by atoms with Crippen molar-refractivity contribution in [1.29, 1.82) is 0 Å². The van der Waals surface area contributed by atoms with Crippen LogP contribution in [0.2, 0.25) is 0 Å². The summed E-state index contributed by atoms with van der Waals surface area (Å²) in [5.41, 5.74) is 1.32. The molecule has 0 aliphatic carbocycles. The van der Waals surface area contributed by atoms with Gasteiger partial charge in [0.2, 0.25) is 0 Å². The van der Waals surface area contributed by atoms with Crippen LogP contribution >= 0.6 is 0 Å². The van der Waals surface area contributed by atoms with Gasteiger partial charge in [0.05, 0.1) is 6.20 Å². The Balaban J connectivity index is 2.13. The SMILES string of the molecule is Cc1cn2c(C3CCCCO3)ncc2c(=O)[nH]1. The Morgan fingerprint density at radius 1 is 1.53 bits per heavy atom. The van der Waals surface area contributed by atoms with Crippen molar-refractivity contribution in [3.63, 3.8) is 0 Å². The van der Waals surface area contributed by atoms with Crippen LogP contribution in [0, 0.1) is 6.92 Å². The van der Waals surface area contributed by atoms with Crippen LogP contribution in [0.1, 0.15) is 36.9 Å². The van der Waals surface area contributed by atoms with Gasteiger partial charge < -0.3 is 9.72 Å². The van der Waals surface area contributed by atoms with Crippen LogP contribution in [-0.2, 0) is 4.74 Å². The molecular formula is C12H15N3O2. The number of nitrogens with one attached hydrogen (secondary N) is 1. The fourth-order valence-corrected chi connectivity index (χ4v) is 2.33. The third-order valence-corrected chi connectivity index (χ3v) is 3.16. The second kappa shape index (κ2) is 4.00. The first-order valence-electron chi connectivity index (χ1n) is 5.94. The molecule has 5 heteroatoms. The van der Waals surface area contributed by atoms with Crippen molar-refractivity contribution in [3.8, 4) is 0 Å². The lowest BCUT2D eigenvalue weighted by Crippen LogP contribution is -2.16. The van der Waals surface area contributed by atoms with Crippen molar-refractivity contribution >= 4 is 5.52 Å². The minimum absolute atomic E-state index is 0.0208. The molecule has 1 saturated heterocycles. The molecule has 0 saturated carbocycles. The molecule has 0 radical (unpaired) electrons. The number of aromatic nitrogens is 3. The summed E-state index contributed by atoms with van der Waals surface area (Å²) in [6, 6.07) is 0. The summed E-state index contributed by atoms with van der Waals surface area (Å²) in [4.78, 5) is 18.8. The molecule has 17 heavy (non-hydrogen) atoms. The van der Waals surface area contributed by atoms with E-state index in [4.69, 9.17) is 4.74 Å². The lowest BCUT2D eigenvalue weighted by Gasteiger charge is -2.21. The molecule has 1 N–H and O–H groups in total. The van der Waals surface area contributed by atoms with Crippen LogP contribution in [-0.4, -0.2) is 21.0 Å². The van der Waals surface area contributed by atoms with Crippen LogP contribution in [0.15, 0.2) is 17.2 Å². The zero-order valence-electron chi connectivity index (χ0n) is 9.77. The number of nitrogens with zero attached hydrogens (tertiary/aromatic N) is 2. The number of H-pyrrole nitrogens is 1. The fraction of sp³-hybridized carbons (Fsp3) is 0.500. The van der Waals surface area contributed by atoms with E-state index >= 15 is 0 Å². The molecule has 3 heterocycles. The maximum atomic E-state index is 11.7. The Morgan fingerprint density at radius 2 is 2.41 bits per heavy atom. The van der Waals surface area contributed by atoms with Crippen molar-refractivity contribution in [3.05, 3.63) is 34.3 Å². The van der Waals surface area contributed by atoms with Gasteiger partial charge in [0.25, 0.3) is 5.56 Å². The Labute approximate surface area is 98.4 Å². The van der Waals surface area contributed by atoms with E-state index in [1.807, 2.05) is 17.5 Å². The molecule has 0 amide bonds. The highest BCUT2D eigenvalue weighted by atomic mass is 16.5. The smallest absolute Gasteiger partial charge is 0.274 e. The number of ether oxygens (including phenoxy) is 1. The second-order valence-corrected chi connectivity index (χ2v) is 4.49. The van der Waals surface area contributed by atoms with E-state index in [2.05, 4.69) is 9.97 Å². The minimum Gasteiger partial charge on any atom is -0.370 e. The Hall–Kier alpha value is -1.62. The third kappa shape index (κ3) is 1.76. The highest BCUT2D eigenvalue weighted by Gasteiger charge is 2.21. The lowest BCUT2D eigenvalue weighted by atomic mass is 10.1. The highest BCUT2D eigenvalue weighted by Crippen LogP contribution is 2.26. The van der Waals surface area contributed by atoms with Crippen LogP contribution in [0.25, 0.3) is 5.52 Å². The maximum Gasteiger partial charge on any atom is 0.274 e. The standard InChI is InChI=1S/C12H15N3O2/c1-8-7-15-9(12(16)14-8)6-13-11(15)10-4-2-3-5-17-10/h6-7,10H,2-5H2,1H3,(H,14,16). The summed E-state index contributed by atoms with van der Waals surface area (Å²) in [7, 11) is 0. The van der Waals surface area contributed by atoms with Crippen molar-refractivity contribution < 1.29 is 4.74 Å². The van der Waals surface area contributed by atoms with Gasteiger partial charge in [-0.3, -0.25) is 9.20 Å². The van der Waals surface area contributed by atoms with Crippen molar-refractivity contribution in [2.24, 2.45) is 0 Å². The summed E-state index contributed by atoms with van der Waals surface area (Å²) in [6.45, 7) is 2.65. The summed E-state index contributed by atoms with van der Waals surface area (Å²) in [5, 5.41) is 0. The first-order chi connectivity index (χ1) is 8.25. The van der Waals surface area contributed by atoms with Gasteiger partial charge >= 0.3 is 0 Å². The molecule has 1 aliphatic rings. The van der Waals surface area contributed by atoms with E-state index in [0.717, 1.165) is 37.4 Å². The second-order valence-electron chi connectivity index (χ2n) is 4.49. The Morgan fingerprint density at radius 3 is 3.18 bits per heavy atom. The van der Waals surface area contributed by atoms with Gasteiger partial charge in [-0.2, -0.15) is 0 Å². The maximum absolute atomic E-state index is 11.7. The zero-order valence-corrected chi connectivity index (χ0v) is 9.77. The molecule has 1 fully saturated rings. The monoisotopic (exact) mass is 233 g/mol. The molecule has 2 aromatic heterocycles. The van der Waals surface area contributed by atoms with Crippen LogP contribution < -0.4 is 5.56 Å². The molecule has 0 bridgehead atoms. The Kier molecular flexibility index (Phi) is 2.48. The van der Waals surface area contributed by atoms with Gasteiger partial charge in [-0.1, -0.05) is 0 Å². The van der Waals surface area contributed by atoms with Crippen LogP contribution in [0.3, 0.4) is 0 Å². The number of aromatic amines is 1. The number of imidazole rings is 1. The average molecular weight is 233 g/mol. The van der Waals surface area contributed by atoms with E-state index in [1.165, 1.54) is 0 Å². The van der Waals surface area contributed by atoms with Crippen molar-refractivity contribution in [2.75, 3.05) is 6.61 Å². The summed E-state index contributed by atoms with van der Waals surface area (Å²) in [6.07, 6.45) is 6.78. The summed E-state index contributed by atoms with van der Waals surface area (Å²) in [5.74, 6) is 0.842. The molecule has 2 aromatic rings. The quantitative estimate of drug-likeness (QED) is 0.813. The van der Waals surface area contributed by atoms with Gasteiger partial charge in [-0.15, -0.1) is 0 Å². The number of rotatable bonds is 1. The van der Waals surface area contributed by atoms with Crippen LogP contribution in [0.4, 0.5) is 0 Å². The predicted molar refractivity (Wildman–Crippen MR) is 63.1 cm³/mol. The molecule has 1 atom stereocenters. The number of fused-ring (bicyclic) bond motifs is 1. The number of aryl methyl sites for hydroxylation is 1. The van der Waals surface area contributed by atoms with Crippen LogP contribution in [0.5, 0.6) is 0 Å². The molecule has 0 spiro atoms. The first kappa shape index (κ1) is 10.5. The fourth-order valence-electron chi connectivity index (χ4n) is 2.33. The molecule has 3 rings (SSSR count). The number of hydrogen-bond acceptors (Lipinski definition) is 3. The van der Waals surface area contributed by atoms with E-state index in [0.29, 0.717) is 5.52 Å². The van der Waals surface area contributed by atoms with Crippen molar-refractivity contribution in [1.82, 2.24) is 14.4 Å². The zero-order chi connectivity index (χ0) is 11.8. The highest BCUT2D eigenvalue weighted by molar-refractivity contribution is 5.44.